The molecule has 0 saturated heterocycles. The number of rotatable bonds is 1. The molecule has 1 aromatic heterocycles. The second-order valence-electron chi connectivity index (χ2n) is 1.72. The molecule has 5 heteroatoms. The molecular weight excluding hydrogens is 166 g/mol. The average molecular weight is 170 g/mol. The van der Waals surface area contributed by atoms with Crippen molar-refractivity contribution in [3.63, 3.8) is 0 Å². The first kappa shape index (κ1) is 7.79. The van der Waals surface area contributed by atoms with Gasteiger partial charge < -0.3 is 4.84 Å². The molecule has 2 N–H and O–H groups in total. The molecule has 1 heterocycles. The number of hydrogen-bond donors (Lipinski definition) is 1. The Morgan fingerprint density at radius 2 is 2.36 bits per heavy atom. The van der Waals surface area contributed by atoms with Crippen LogP contribution in [0, 0.1) is 11.3 Å². The van der Waals surface area contributed by atoms with E-state index in [0.29, 0.717) is 0 Å². The van der Waals surface area contributed by atoms with Crippen LogP contribution in [-0.2, 0) is 0 Å². The average Bonchev–Trinajstić information content (AvgIpc) is 2.04. The summed E-state index contributed by atoms with van der Waals surface area (Å²) in [6, 6.07) is 4.82. The number of hydrogen-bond acceptors (Lipinski definition) is 4. The van der Waals surface area contributed by atoms with Gasteiger partial charge in [0.2, 0.25) is 0 Å². The van der Waals surface area contributed by atoms with Crippen molar-refractivity contribution >= 4 is 11.6 Å². The molecule has 56 valence electrons. The fourth-order valence-electron chi connectivity index (χ4n) is 0.593. The number of pyridine rings is 1. The molecule has 0 bridgehead atoms. The largest absolute Gasteiger partial charge is 0.390 e. The molecule has 0 radical (unpaired) electrons. The van der Waals surface area contributed by atoms with Crippen molar-refractivity contribution in [2.45, 2.75) is 0 Å². The highest BCUT2D eigenvalue weighted by Gasteiger charge is 2.03. The summed E-state index contributed by atoms with van der Waals surface area (Å²) in [6.07, 6.45) is 0. The maximum absolute atomic E-state index is 8.47. The Morgan fingerprint density at radius 1 is 1.64 bits per heavy atom. The maximum Gasteiger partial charge on any atom is 0.256 e. The maximum atomic E-state index is 8.47. The second-order valence-corrected chi connectivity index (χ2v) is 2.10. The van der Waals surface area contributed by atoms with Crippen LogP contribution in [0.2, 0.25) is 5.15 Å². The van der Waals surface area contributed by atoms with Crippen molar-refractivity contribution in [2.75, 3.05) is 0 Å². The molecular formula is C6H4ClN3O. The molecule has 0 aliphatic carbocycles. The second kappa shape index (κ2) is 3.19. The molecule has 0 aliphatic heterocycles. The van der Waals surface area contributed by atoms with E-state index in [1.54, 1.807) is 0 Å². The van der Waals surface area contributed by atoms with Crippen molar-refractivity contribution in [2.24, 2.45) is 5.90 Å². The van der Waals surface area contributed by atoms with Gasteiger partial charge in [-0.2, -0.15) is 16.1 Å². The molecule has 11 heavy (non-hydrogen) atoms. The standard InChI is InChI=1S/C6H4ClN3O/c7-5-2-1-4(3-8)6(10-5)11-9/h1-2H,9H2. The lowest BCUT2D eigenvalue weighted by Crippen LogP contribution is -2.05. The van der Waals surface area contributed by atoms with Crippen LogP contribution >= 0.6 is 11.6 Å². The van der Waals surface area contributed by atoms with Crippen LogP contribution in [0.4, 0.5) is 0 Å². The Labute approximate surface area is 68.1 Å². The van der Waals surface area contributed by atoms with E-state index in [-0.39, 0.29) is 16.6 Å². The van der Waals surface area contributed by atoms with E-state index in [1.165, 1.54) is 12.1 Å². The van der Waals surface area contributed by atoms with E-state index in [2.05, 4.69) is 9.82 Å². The highest BCUT2D eigenvalue weighted by Crippen LogP contribution is 2.16. The predicted octanol–water partition coefficient (Wildman–Crippen LogP) is 0.859. The van der Waals surface area contributed by atoms with Gasteiger partial charge in [0.25, 0.3) is 5.88 Å². The van der Waals surface area contributed by atoms with E-state index < -0.39 is 0 Å². The van der Waals surface area contributed by atoms with Gasteiger partial charge in [-0.1, -0.05) is 11.6 Å². The Kier molecular flexibility index (Phi) is 2.26. The third-order valence-corrected chi connectivity index (χ3v) is 1.27. The number of nitrogens with two attached hydrogens (primary N) is 1. The van der Waals surface area contributed by atoms with Crippen LogP contribution in [0.1, 0.15) is 5.56 Å². The first-order valence-electron chi connectivity index (χ1n) is 2.71. The zero-order valence-corrected chi connectivity index (χ0v) is 6.17. The topological polar surface area (TPSA) is 71.9 Å². The fourth-order valence-corrected chi connectivity index (χ4v) is 0.733. The third kappa shape index (κ3) is 1.58. The molecule has 4 nitrogen and oxygen atoms in total. The van der Waals surface area contributed by atoms with Gasteiger partial charge >= 0.3 is 0 Å². The molecule has 1 aromatic rings. The quantitative estimate of drug-likeness (QED) is 0.500. The minimum absolute atomic E-state index is 0.0417. The van der Waals surface area contributed by atoms with Crippen molar-refractivity contribution in [1.29, 1.82) is 5.26 Å². The lowest BCUT2D eigenvalue weighted by Gasteiger charge is -1.98. The zero-order valence-electron chi connectivity index (χ0n) is 5.41. The molecule has 1 rings (SSSR count). The summed E-state index contributed by atoms with van der Waals surface area (Å²) < 4.78 is 0. The molecule has 0 aromatic carbocycles. The molecule has 0 spiro atoms. The molecule has 0 unspecified atom stereocenters. The van der Waals surface area contributed by atoms with E-state index >= 15 is 0 Å². The summed E-state index contributed by atoms with van der Waals surface area (Å²) >= 11 is 5.50. The molecule has 0 aliphatic rings. The number of aromatic nitrogens is 1. The number of nitriles is 1. The monoisotopic (exact) mass is 169 g/mol. The van der Waals surface area contributed by atoms with Gasteiger partial charge in [-0.25, -0.2) is 0 Å². The van der Waals surface area contributed by atoms with Crippen molar-refractivity contribution < 1.29 is 4.84 Å². The van der Waals surface area contributed by atoms with E-state index in [9.17, 15) is 0 Å². The minimum Gasteiger partial charge on any atom is -0.390 e. The number of halogens is 1. The third-order valence-electron chi connectivity index (χ3n) is 1.06. The normalized spacial score (nSPS) is 8.82. The highest BCUT2D eigenvalue weighted by molar-refractivity contribution is 6.29. The van der Waals surface area contributed by atoms with Crippen molar-refractivity contribution in [1.82, 2.24) is 4.98 Å². The summed E-state index contributed by atoms with van der Waals surface area (Å²) in [4.78, 5) is 7.96. The van der Waals surface area contributed by atoms with Crippen LogP contribution < -0.4 is 10.7 Å². The molecule has 0 atom stereocenters. The zero-order chi connectivity index (χ0) is 8.27. The van der Waals surface area contributed by atoms with E-state index in [1.807, 2.05) is 6.07 Å². The first-order valence-corrected chi connectivity index (χ1v) is 3.09. The Hall–Kier alpha value is -1.31. The molecule has 0 fully saturated rings. The van der Waals surface area contributed by atoms with Crippen molar-refractivity contribution in [3.8, 4) is 11.9 Å². The summed E-state index contributed by atoms with van der Waals surface area (Å²) in [5.74, 6) is 4.86. The first-order chi connectivity index (χ1) is 5.27. The van der Waals surface area contributed by atoms with Gasteiger partial charge in [-0.3, -0.25) is 0 Å². The summed E-state index contributed by atoms with van der Waals surface area (Å²) in [6.45, 7) is 0. The lowest BCUT2D eigenvalue weighted by atomic mass is 10.3. The number of nitrogens with zero attached hydrogens (tertiary/aromatic N) is 2. The van der Waals surface area contributed by atoms with Crippen LogP contribution in [0.25, 0.3) is 0 Å². The Balaban J connectivity index is 3.19. The lowest BCUT2D eigenvalue weighted by molar-refractivity contribution is 0.320. The Morgan fingerprint density at radius 3 is 2.91 bits per heavy atom. The van der Waals surface area contributed by atoms with Crippen LogP contribution in [0.3, 0.4) is 0 Å². The van der Waals surface area contributed by atoms with Crippen molar-refractivity contribution in [3.05, 3.63) is 22.8 Å². The molecule has 0 amide bonds. The van der Waals surface area contributed by atoms with Gasteiger partial charge in [-0.15, -0.1) is 0 Å². The summed E-state index contributed by atoms with van der Waals surface area (Å²) in [5.41, 5.74) is 0.261. The summed E-state index contributed by atoms with van der Waals surface area (Å²) in [7, 11) is 0. The fraction of sp³-hybridized carbons (Fsp3) is 0. The van der Waals surface area contributed by atoms with Gasteiger partial charge in [0.15, 0.2) is 0 Å². The van der Waals surface area contributed by atoms with Gasteiger partial charge in [0.1, 0.15) is 16.8 Å². The van der Waals surface area contributed by atoms with E-state index in [0.717, 1.165) is 0 Å². The highest BCUT2D eigenvalue weighted by atomic mass is 35.5. The SMILES string of the molecule is N#Cc1ccc(Cl)nc1ON. The molecule has 0 saturated carbocycles. The van der Waals surface area contributed by atoms with Gasteiger partial charge in [-0.05, 0) is 12.1 Å². The minimum atomic E-state index is 0.0417. The Bertz CT molecular complexity index is 307. The van der Waals surface area contributed by atoms with Crippen LogP contribution in [0.5, 0.6) is 5.88 Å². The van der Waals surface area contributed by atoms with Crippen LogP contribution in [-0.4, -0.2) is 4.98 Å². The summed E-state index contributed by atoms with van der Waals surface area (Å²) in [5, 5.41) is 8.71. The van der Waals surface area contributed by atoms with Gasteiger partial charge in [0, 0.05) is 0 Å². The van der Waals surface area contributed by atoms with Gasteiger partial charge in [0.05, 0.1) is 0 Å². The van der Waals surface area contributed by atoms with E-state index in [4.69, 9.17) is 22.8 Å². The smallest absolute Gasteiger partial charge is 0.256 e. The van der Waals surface area contributed by atoms with Crippen LogP contribution in [0.15, 0.2) is 12.1 Å². The predicted molar refractivity (Wildman–Crippen MR) is 38.8 cm³/mol.